The number of nitrogens with zero attached hydrogens (tertiary/aromatic N) is 3. The minimum atomic E-state index is -2.25. The molecule has 5 unspecified atom stereocenters. The molecule has 1 amide bonds. The number of aliphatic hydroxyl groups is 3. The summed E-state index contributed by atoms with van der Waals surface area (Å²) in [5, 5.41) is 46.8. The molecule has 1 aromatic heterocycles. The Labute approximate surface area is 412 Å². The number of fused-ring (bicyclic) bond motifs is 9. The molecule has 14 nitrogen and oxygen atoms in total. The average molecular weight is 961 g/mol. The summed E-state index contributed by atoms with van der Waals surface area (Å²) in [7, 11) is 5.04. The van der Waals surface area contributed by atoms with Crippen molar-refractivity contribution in [2.45, 2.75) is 138 Å². The van der Waals surface area contributed by atoms with E-state index in [-0.39, 0.29) is 28.6 Å². The summed E-state index contributed by atoms with van der Waals surface area (Å²) in [5.41, 5.74) is -1.29. The van der Waals surface area contributed by atoms with E-state index < -0.39 is 51.5 Å². The van der Waals surface area contributed by atoms with Crippen LogP contribution < -0.4 is 20.3 Å². The van der Waals surface area contributed by atoms with Gasteiger partial charge >= 0.3 is 5.97 Å². The summed E-state index contributed by atoms with van der Waals surface area (Å²) in [6.07, 6.45) is 11.9. The zero-order chi connectivity index (χ0) is 49.2. The van der Waals surface area contributed by atoms with Gasteiger partial charge < -0.3 is 45.3 Å². The Balaban J connectivity index is 1.05. The number of aromatic nitrogens is 1. The van der Waals surface area contributed by atoms with Crippen LogP contribution in [0.4, 0.5) is 5.69 Å². The molecule has 0 radical (unpaired) electrons. The number of esters is 1. The summed E-state index contributed by atoms with van der Waals surface area (Å²) >= 11 is 0. The quantitative estimate of drug-likeness (QED) is 0.107. The van der Waals surface area contributed by atoms with Crippen LogP contribution in [-0.2, 0) is 36.4 Å². The Morgan fingerprint density at radius 2 is 1.63 bits per heavy atom. The molecular weight excluding hydrogens is 885 g/mol. The van der Waals surface area contributed by atoms with Crippen molar-refractivity contribution in [3.8, 4) is 5.75 Å². The normalized spacial score (nSPS) is 39.3. The summed E-state index contributed by atoms with van der Waals surface area (Å²) < 4.78 is 12.5. The lowest BCUT2D eigenvalue weighted by Gasteiger charge is -2.63. The van der Waals surface area contributed by atoms with Gasteiger partial charge in [0, 0.05) is 97.1 Å². The number of ether oxygens (including phenoxy) is 2. The minimum Gasteiger partial charge on any atom is -0.496 e. The van der Waals surface area contributed by atoms with Crippen molar-refractivity contribution in [3.05, 3.63) is 70.9 Å². The van der Waals surface area contributed by atoms with Crippen molar-refractivity contribution < 1.29 is 39.2 Å². The Morgan fingerprint density at radius 3 is 2.31 bits per heavy atom. The van der Waals surface area contributed by atoms with Crippen LogP contribution in [0.3, 0.4) is 0 Å². The van der Waals surface area contributed by atoms with Gasteiger partial charge in [0.05, 0.1) is 32.4 Å². The third-order valence-corrected chi connectivity index (χ3v) is 20.3. The van der Waals surface area contributed by atoms with Gasteiger partial charge in [-0.1, -0.05) is 44.2 Å². The number of hydrogen-bond acceptors (Lipinski definition) is 12. The van der Waals surface area contributed by atoms with Crippen molar-refractivity contribution in [1.82, 2.24) is 25.4 Å². The molecule has 6 heterocycles. The maximum absolute atomic E-state index is 15.5. The highest BCUT2D eigenvalue weighted by Gasteiger charge is 2.79. The number of piperidine rings is 1. The highest BCUT2D eigenvalue weighted by atomic mass is 16.5. The number of H-pyrrole nitrogens is 1. The van der Waals surface area contributed by atoms with E-state index in [1.165, 1.54) is 7.11 Å². The van der Waals surface area contributed by atoms with Crippen molar-refractivity contribution in [1.29, 1.82) is 0 Å². The first-order valence-electron chi connectivity index (χ1n) is 26.4. The third-order valence-electron chi connectivity index (χ3n) is 20.3. The molecule has 2 aromatic carbocycles. The number of anilines is 1. The minimum absolute atomic E-state index is 0.0915. The van der Waals surface area contributed by atoms with Gasteiger partial charge in [-0.3, -0.25) is 24.2 Å². The number of methoxy groups -OCH3 is 2. The number of nitrogens with one attached hydrogen (secondary N) is 3. The standard InChI is InChI=1S/C56H76N6O8/c1-7-52(67)28-36-29-55(49(66)70-6,44-38(14-24-61(31-36)34-52)37-12-9-10-13-41(37)59-44)40-26-39-42(27-43(40)69-5)60(4)46-54(39)22-25-62-23-11-15-53(8-2,45(54)62)47(64)56(46,68)48(65)58-33-51-19-16-50(17-20-51,18-21-51)32-57-30-35(3)63/h9-13,15,26-27,36,45-47,57,59,64,67-68H,7-8,14,16-25,28-34H2,1-6H3,(H,58,65)/t36?,45?,46?,47-,50?,51?,52+,53-,54?,55-,56+/m1/s1. The molecule has 6 fully saturated rings. The number of ketones is 1. The molecule has 4 saturated carbocycles. The van der Waals surface area contributed by atoms with E-state index in [1.54, 1.807) is 14.0 Å². The summed E-state index contributed by atoms with van der Waals surface area (Å²) in [5.74, 6) is -0.430. The zero-order valence-corrected chi connectivity index (χ0v) is 42.3. The van der Waals surface area contributed by atoms with Gasteiger partial charge in [-0.15, -0.1) is 0 Å². The van der Waals surface area contributed by atoms with Crippen LogP contribution in [0.15, 0.2) is 48.6 Å². The van der Waals surface area contributed by atoms with Crippen molar-refractivity contribution in [2.24, 2.45) is 22.2 Å². The molecular formula is C56H76N6O8. The number of Topliss-reactive ketones (excluding diaryl/α,β-unsaturated/α-hetero) is 1. The first-order valence-corrected chi connectivity index (χ1v) is 26.4. The van der Waals surface area contributed by atoms with Gasteiger partial charge in [-0.25, -0.2) is 0 Å². The van der Waals surface area contributed by atoms with E-state index in [0.29, 0.717) is 89.1 Å². The molecule has 378 valence electrons. The molecule has 4 aliphatic carbocycles. The van der Waals surface area contributed by atoms with E-state index in [2.05, 4.69) is 62.7 Å². The lowest BCUT2D eigenvalue weighted by atomic mass is 9.47. The molecule has 9 aliphatic rings. The van der Waals surface area contributed by atoms with Crippen molar-refractivity contribution in [2.75, 3.05) is 78.5 Å². The number of aliphatic hydroxyl groups excluding tert-OH is 1. The fourth-order valence-corrected chi connectivity index (χ4v) is 16.8. The third kappa shape index (κ3) is 6.67. The van der Waals surface area contributed by atoms with Crippen molar-refractivity contribution >= 4 is 34.3 Å². The second-order valence-corrected chi connectivity index (χ2v) is 23.6. The molecule has 12 rings (SSSR count). The van der Waals surface area contributed by atoms with E-state index in [1.807, 2.05) is 37.1 Å². The van der Waals surface area contributed by atoms with Gasteiger partial charge in [0.15, 0.2) is 5.60 Å². The van der Waals surface area contributed by atoms with Gasteiger partial charge in [0.1, 0.15) is 23.1 Å². The number of para-hydroxylation sites is 1. The number of aromatic amines is 1. The van der Waals surface area contributed by atoms with Crippen molar-refractivity contribution in [3.63, 3.8) is 0 Å². The molecule has 5 aliphatic heterocycles. The summed E-state index contributed by atoms with van der Waals surface area (Å²) in [6, 6.07) is 11.2. The van der Waals surface area contributed by atoms with Crippen LogP contribution in [0.25, 0.3) is 10.9 Å². The lowest BCUT2D eigenvalue weighted by molar-refractivity contribution is -0.204. The predicted molar refractivity (Wildman–Crippen MR) is 268 cm³/mol. The van der Waals surface area contributed by atoms with E-state index >= 15 is 9.59 Å². The van der Waals surface area contributed by atoms with E-state index in [0.717, 1.165) is 85.0 Å². The highest BCUT2D eigenvalue weighted by Crippen LogP contribution is 2.68. The monoisotopic (exact) mass is 961 g/mol. The van der Waals surface area contributed by atoms with Gasteiger partial charge in [0.2, 0.25) is 0 Å². The smallest absolute Gasteiger partial charge is 0.322 e. The molecule has 10 atom stereocenters. The molecule has 3 aromatic rings. The summed E-state index contributed by atoms with van der Waals surface area (Å²) in [4.78, 5) is 53.4. The molecule has 4 bridgehead atoms. The number of likely N-dealkylation sites (N-methyl/N-ethyl adjacent to an activating group) is 1. The van der Waals surface area contributed by atoms with Crippen LogP contribution in [-0.4, -0.2) is 151 Å². The zero-order valence-electron chi connectivity index (χ0n) is 42.3. The molecule has 2 saturated heterocycles. The Hall–Kier alpha value is -4.31. The maximum Gasteiger partial charge on any atom is 0.322 e. The molecule has 70 heavy (non-hydrogen) atoms. The molecule has 1 spiro atoms. The highest BCUT2D eigenvalue weighted by molar-refractivity contribution is 5.95. The van der Waals surface area contributed by atoms with E-state index in [4.69, 9.17) is 9.47 Å². The maximum atomic E-state index is 15.5. The predicted octanol–water partition coefficient (Wildman–Crippen LogP) is 4.88. The fraction of sp³-hybridized carbons (Fsp3) is 0.661. The Kier molecular flexibility index (Phi) is 11.6. The Morgan fingerprint density at radius 1 is 0.900 bits per heavy atom. The van der Waals surface area contributed by atoms with Gasteiger partial charge in [-0.2, -0.15) is 0 Å². The first kappa shape index (κ1) is 48.0. The summed E-state index contributed by atoms with van der Waals surface area (Å²) in [6.45, 7) is 10.7. The van der Waals surface area contributed by atoms with Crippen LogP contribution in [0, 0.1) is 22.2 Å². The van der Waals surface area contributed by atoms with E-state index in [9.17, 15) is 20.1 Å². The second kappa shape index (κ2) is 16.9. The number of carbonyl (C=O) groups is 3. The van der Waals surface area contributed by atoms with Crippen LogP contribution in [0.1, 0.15) is 114 Å². The Bertz CT molecular complexity index is 2610. The first-order chi connectivity index (χ1) is 33.5. The number of rotatable bonds is 12. The average Bonchev–Trinajstić information content (AvgIpc) is 4.03. The molecule has 6 N–H and O–H groups in total. The van der Waals surface area contributed by atoms with Crippen LogP contribution >= 0.6 is 0 Å². The second-order valence-electron chi connectivity index (χ2n) is 23.6. The largest absolute Gasteiger partial charge is 0.496 e. The molecule has 14 heteroatoms. The fourth-order valence-electron chi connectivity index (χ4n) is 16.8. The van der Waals surface area contributed by atoms with Crippen LogP contribution in [0.5, 0.6) is 5.75 Å². The topological polar surface area (TPSA) is 180 Å². The number of amides is 1. The number of benzene rings is 2. The number of hydrogen-bond donors (Lipinski definition) is 6. The number of carbonyl (C=O) groups excluding carboxylic acids is 3. The van der Waals surface area contributed by atoms with Gasteiger partial charge in [-0.05, 0) is 131 Å². The SMILES string of the molecule is CC[C@]1(O)CC2CN(CCc3c([nH]c4ccccc34)[C@](C(=O)OC)(c3cc4c(cc3OC)N(C)C3C45CCN4CC=C[C@](CC)(C45)[C@@H](O)[C@]3(O)C(=O)NCC34CCC(CNCC(C)=O)(CC3)CC4)C2)C1. The lowest BCUT2D eigenvalue weighted by Crippen LogP contribution is -2.82. The van der Waals surface area contributed by atoms with Crippen LogP contribution in [0.2, 0.25) is 0 Å². The van der Waals surface area contributed by atoms with Gasteiger partial charge in [0.25, 0.3) is 5.91 Å².